The molecule has 3 heteroatoms. The minimum Gasteiger partial charge on any atom is -0.253 e. The predicted octanol–water partition coefficient (Wildman–Crippen LogP) is 1.85. The average Bonchev–Trinajstić information content (AvgIpc) is 2.20. The minimum absolute atomic E-state index is 0.672. The summed E-state index contributed by atoms with van der Waals surface area (Å²) in [7, 11) is 0. The second-order valence-electron chi connectivity index (χ2n) is 2.80. The topological polar surface area (TPSA) is 38.7 Å². The lowest BCUT2D eigenvalue weighted by Gasteiger charge is -1.97. The maximum Gasteiger partial charge on any atom is 0.178 e. The van der Waals surface area contributed by atoms with Crippen molar-refractivity contribution in [1.82, 2.24) is 15.0 Å². The number of hydrogen-bond acceptors (Lipinski definition) is 3. The van der Waals surface area contributed by atoms with E-state index in [1.807, 2.05) is 25.1 Å². The molecule has 2 aromatic rings. The van der Waals surface area contributed by atoms with Crippen LogP contribution in [0.5, 0.6) is 0 Å². The van der Waals surface area contributed by atoms with Gasteiger partial charge in [-0.2, -0.15) is 0 Å². The molecule has 0 saturated heterocycles. The lowest BCUT2D eigenvalue weighted by molar-refractivity contribution is 1.11. The molecule has 13 heavy (non-hydrogen) atoms. The third kappa shape index (κ3) is 1.69. The number of hydrogen-bond donors (Lipinski definition) is 0. The molecule has 64 valence electrons. The molecule has 0 aliphatic heterocycles. The molecule has 0 aromatic carbocycles. The first-order valence-corrected chi connectivity index (χ1v) is 4.06. The lowest BCUT2D eigenvalue weighted by Crippen LogP contribution is -1.90. The van der Waals surface area contributed by atoms with Gasteiger partial charge in [0.25, 0.3) is 0 Å². The van der Waals surface area contributed by atoms with Gasteiger partial charge in [0.2, 0.25) is 0 Å². The van der Waals surface area contributed by atoms with Gasteiger partial charge in [-0.25, -0.2) is 9.97 Å². The molecule has 0 amide bonds. The van der Waals surface area contributed by atoms with Crippen molar-refractivity contribution in [2.45, 2.75) is 6.92 Å². The van der Waals surface area contributed by atoms with Gasteiger partial charge >= 0.3 is 0 Å². The molecule has 2 heterocycles. The van der Waals surface area contributed by atoms with Crippen LogP contribution in [0.4, 0.5) is 0 Å². The molecule has 2 aromatic heterocycles. The first-order valence-electron chi connectivity index (χ1n) is 4.06. The summed E-state index contributed by atoms with van der Waals surface area (Å²) in [6.45, 7) is 1.96. The van der Waals surface area contributed by atoms with E-state index in [4.69, 9.17) is 0 Å². The summed E-state index contributed by atoms with van der Waals surface area (Å²) in [5.74, 6) is 0.672. The van der Waals surface area contributed by atoms with Gasteiger partial charge in [0.05, 0.1) is 0 Å². The van der Waals surface area contributed by atoms with E-state index in [0.29, 0.717) is 5.82 Å². The summed E-state index contributed by atoms with van der Waals surface area (Å²) in [6.07, 6.45) is 5.31. The molecule has 0 aliphatic carbocycles. The smallest absolute Gasteiger partial charge is 0.178 e. The highest BCUT2D eigenvalue weighted by Gasteiger charge is 1.99. The maximum absolute atomic E-state index is 4.17. The Morgan fingerprint density at radius 1 is 1.00 bits per heavy atom. The Labute approximate surface area is 76.5 Å². The van der Waals surface area contributed by atoms with E-state index >= 15 is 0 Å². The molecule has 0 atom stereocenters. The number of pyridine rings is 1. The van der Waals surface area contributed by atoms with Crippen LogP contribution in [0.15, 0.2) is 36.8 Å². The molecular weight excluding hydrogens is 162 g/mol. The average molecular weight is 171 g/mol. The van der Waals surface area contributed by atoms with Gasteiger partial charge in [-0.3, -0.25) is 4.98 Å². The normalized spacial score (nSPS) is 9.92. The fraction of sp³-hybridized carbons (Fsp3) is 0.100. The monoisotopic (exact) mass is 171 g/mol. The third-order valence-electron chi connectivity index (χ3n) is 1.67. The van der Waals surface area contributed by atoms with E-state index in [2.05, 4.69) is 15.0 Å². The summed E-state index contributed by atoms with van der Waals surface area (Å²) < 4.78 is 0. The Morgan fingerprint density at radius 3 is 2.38 bits per heavy atom. The Kier molecular flexibility index (Phi) is 2.00. The van der Waals surface area contributed by atoms with E-state index in [9.17, 15) is 0 Å². The maximum atomic E-state index is 4.17. The number of aryl methyl sites for hydroxylation is 1. The molecule has 0 aliphatic rings. The van der Waals surface area contributed by atoms with Crippen molar-refractivity contribution in [2.24, 2.45) is 0 Å². The fourth-order valence-electron chi connectivity index (χ4n) is 1.02. The van der Waals surface area contributed by atoms with Crippen molar-refractivity contribution in [3.05, 3.63) is 42.4 Å². The number of nitrogens with zero attached hydrogens (tertiary/aromatic N) is 3. The van der Waals surface area contributed by atoms with Crippen molar-refractivity contribution < 1.29 is 0 Å². The third-order valence-corrected chi connectivity index (χ3v) is 1.67. The van der Waals surface area contributed by atoms with Gasteiger partial charge in [0.1, 0.15) is 5.69 Å². The minimum atomic E-state index is 0.672. The summed E-state index contributed by atoms with van der Waals surface area (Å²) >= 11 is 0. The van der Waals surface area contributed by atoms with Crippen LogP contribution >= 0.6 is 0 Å². The van der Waals surface area contributed by atoms with Gasteiger partial charge in [-0.1, -0.05) is 6.07 Å². The zero-order chi connectivity index (χ0) is 9.10. The van der Waals surface area contributed by atoms with Crippen LogP contribution in [0.3, 0.4) is 0 Å². The van der Waals surface area contributed by atoms with Crippen LogP contribution in [-0.4, -0.2) is 15.0 Å². The largest absolute Gasteiger partial charge is 0.253 e. The van der Waals surface area contributed by atoms with Crippen LogP contribution in [0.25, 0.3) is 11.5 Å². The van der Waals surface area contributed by atoms with Crippen molar-refractivity contribution in [1.29, 1.82) is 0 Å². The Balaban J connectivity index is 2.42. The molecule has 2 rings (SSSR count). The Hall–Kier alpha value is -1.77. The summed E-state index contributed by atoms with van der Waals surface area (Å²) in [5.41, 5.74) is 1.86. The lowest BCUT2D eigenvalue weighted by atomic mass is 10.3. The van der Waals surface area contributed by atoms with Crippen molar-refractivity contribution in [2.75, 3.05) is 0 Å². The molecule has 0 bridgehead atoms. The molecule has 0 saturated carbocycles. The molecule has 0 N–H and O–H groups in total. The van der Waals surface area contributed by atoms with Crippen LogP contribution in [0.2, 0.25) is 0 Å². The van der Waals surface area contributed by atoms with Crippen LogP contribution < -0.4 is 0 Å². The zero-order valence-corrected chi connectivity index (χ0v) is 7.31. The SMILES string of the molecule is Cc1cnc(-c2ccccn2)nc1. The zero-order valence-electron chi connectivity index (χ0n) is 7.31. The standard InChI is InChI=1S/C10H9N3/c1-8-6-12-10(13-7-8)9-4-2-3-5-11-9/h2-7H,1H3. The van der Waals surface area contributed by atoms with Gasteiger partial charge < -0.3 is 0 Å². The van der Waals surface area contributed by atoms with Gasteiger partial charge in [-0.15, -0.1) is 0 Å². The van der Waals surface area contributed by atoms with E-state index < -0.39 is 0 Å². The van der Waals surface area contributed by atoms with Crippen LogP contribution in [0, 0.1) is 6.92 Å². The number of aromatic nitrogens is 3. The highest BCUT2D eigenvalue weighted by molar-refractivity contribution is 5.47. The Morgan fingerprint density at radius 2 is 1.77 bits per heavy atom. The first-order chi connectivity index (χ1) is 6.36. The summed E-state index contributed by atoms with van der Waals surface area (Å²) in [4.78, 5) is 12.5. The van der Waals surface area contributed by atoms with Crippen molar-refractivity contribution >= 4 is 0 Å². The predicted molar refractivity (Wildman–Crippen MR) is 50.0 cm³/mol. The first kappa shape index (κ1) is 7.86. The van der Waals surface area contributed by atoms with Crippen LogP contribution in [0.1, 0.15) is 5.56 Å². The second kappa shape index (κ2) is 3.31. The molecule has 0 spiro atoms. The molecule has 0 radical (unpaired) electrons. The Bertz CT molecular complexity index is 381. The quantitative estimate of drug-likeness (QED) is 0.657. The van der Waals surface area contributed by atoms with E-state index in [1.165, 1.54) is 0 Å². The van der Waals surface area contributed by atoms with E-state index in [1.54, 1.807) is 18.6 Å². The highest BCUT2D eigenvalue weighted by Crippen LogP contribution is 2.09. The van der Waals surface area contributed by atoms with Crippen molar-refractivity contribution in [3.63, 3.8) is 0 Å². The summed E-state index contributed by atoms with van der Waals surface area (Å²) in [6, 6.07) is 5.69. The molecule has 0 fully saturated rings. The highest BCUT2D eigenvalue weighted by atomic mass is 14.9. The van der Waals surface area contributed by atoms with E-state index in [0.717, 1.165) is 11.3 Å². The van der Waals surface area contributed by atoms with Gasteiger partial charge in [0, 0.05) is 18.6 Å². The summed E-state index contributed by atoms with van der Waals surface area (Å²) in [5, 5.41) is 0. The molecule has 3 nitrogen and oxygen atoms in total. The van der Waals surface area contributed by atoms with E-state index in [-0.39, 0.29) is 0 Å². The van der Waals surface area contributed by atoms with Crippen molar-refractivity contribution in [3.8, 4) is 11.5 Å². The van der Waals surface area contributed by atoms with Gasteiger partial charge in [-0.05, 0) is 24.6 Å². The van der Waals surface area contributed by atoms with Crippen LogP contribution in [-0.2, 0) is 0 Å². The fourth-order valence-corrected chi connectivity index (χ4v) is 1.02. The molecular formula is C10H9N3. The van der Waals surface area contributed by atoms with Gasteiger partial charge in [0.15, 0.2) is 5.82 Å². The molecule has 0 unspecified atom stereocenters. The number of rotatable bonds is 1. The second-order valence-corrected chi connectivity index (χ2v) is 2.80.